The molecule has 3 aliphatic rings. The Morgan fingerprint density at radius 3 is 2.56 bits per heavy atom. The van der Waals surface area contributed by atoms with Gasteiger partial charge in [0, 0.05) is 61.5 Å². The Labute approximate surface area is 188 Å². The molecule has 1 aromatic carbocycles. The van der Waals surface area contributed by atoms with Crippen LogP contribution in [0, 0.1) is 11.7 Å². The molecule has 2 aliphatic heterocycles. The Hall–Kier alpha value is -3.03. The lowest BCUT2D eigenvalue weighted by atomic mass is 9.95. The van der Waals surface area contributed by atoms with Crippen LogP contribution in [0.25, 0.3) is 11.1 Å². The number of hydrogen-bond acceptors (Lipinski definition) is 6. The van der Waals surface area contributed by atoms with Gasteiger partial charge in [-0.25, -0.2) is 9.38 Å². The van der Waals surface area contributed by atoms with Gasteiger partial charge in [-0.1, -0.05) is 17.7 Å². The first-order valence-electron chi connectivity index (χ1n) is 11.3. The van der Waals surface area contributed by atoms with E-state index in [-0.39, 0.29) is 12.0 Å². The van der Waals surface area contributed by atoms with E-state index in [1.54, 1.807) is 30.7 Å². The van der Waals surface area contributed by atoms with Crippen molar-refractivity contribution in [1.29, 1.82) is 0 Å². The van der Waals surface area contributed by atoms with Crippen LogP contribution in [0.2, 0.25) is 0 Å². The maximum Gasteiger partial charge on any atom is 0.135 e. The second-order valence-electron chi connectivity index (χ2n) is 8.64. The van der Waals surface area contributed by atoms with Crippen LogP contribution in [0.1, 0.15) is 25.3 Å². The van der Waals surface area contributed by atoms with E-state index in [1.165, 1.54) is 36.1 Å². The van der Waals surface area contributed by atoms with Gasteiger partial charge in [-0.05, 0) is 49.4 Å². The molecule has 1 unspecified atom stereocenters. The number of halogens is 1. The lowest BCUT2D eigenvalue weighted by Gasteiger charge is -2.39. The van der Waals surface area contributed by atoms with Crippen LogP contribution >= 0.6 is 0 Å². The number of nitrogens with one attached hydrogen (secondary N) is 2. The molecule has 166 valence electrons. The fourth-order valence-corrected chi connectivity index (χ4v) is 4.63. The standard InChI is InChI=1S/C25H29FN6/c1-16(17-2-3-17)23-22(14-27)30-24(31-25(23)32-12-10-28-11-13-32)20-8-9-29-15-21(20)18-4-6-19(26)7-5-18/h4-9,14-15,17,25,28H,2-3,10-13,27H2,1H3,(H,30,31)/b22-14+,23-16?. The number of allylic oxidation sites excluding steroid dienone is 1. The molecule has 1 atom stereocenters. The molecule has 0 spiro atoms. The van der Waals surface area contributed by atoms with Crippen molar-refractivity contribution in [2.75, 3.05) is 26.2 Å². The van der Waals surface area contributed by atoms with Crippen LogP contribution in [0.15, 0.2) is 70.8 Å². The van der Waals surface area contributed by atoms with Crippen molar-refractivity contribution in [1.82, 2.24) is 20.5 Å². The van der Waals surface area contributed by atoms with Crippen LogP contribution in [-0.2, 0) is 0 Å². The Morgan fingerprint density at radius 1 is 1.12 bits per heavy atom. The van der Waals surface area contributed by atoms with Gasteiger partial charge in [-0.15, -0.1) is 0 Å². The molecule has 1 saturated heterocycles. The quantitative estimate of drug-likeness (QED) is 0.692. The lowest BCUT2D eigenvalue weighted by molar-refractivity contribution is 0.197. The minimum Gasteiger partial charge on any atom is -0.403 e. The summed E-state index contributed by atoms with van der Waals surface area (Å²) < 4.78 is 13.5. The van der Waals surface area contributed by atoms with Gasteiger partial charge < -0.3 is 16.4 Å². The first-order chi connectivity index (χ1) is 15.7. The molecule has 5 rings (SSSR count). The summed E-state index contributed by atoms with van der Waals surface area (Å²) in [5.74, 6) is 1.13. The number of nitrogens with zero attached hydrogens (tertiary/aromatic N) is 3. The van der Waals surface area contributed by atoms with E-state index in [2.05, 4.69) is 27.4 Å². The molecule has 0 radical (unpaired) electrons. The molecule has 1 saturated carbocycles. The number of piperazine rings is 1. The fourth-order valence-electron chi connectivity index (χ4n) is 4.63. The third-order valence-electron chi connectivity index (χ3n) is 6.56. The second-order valence-corrected chi connectivity index (χ2v) is 8.64. The molecule has 3 heterocycles. The van der Waals surface area contributed by atoms with E-state index >= 15 is 0 Å². The number of aromatic nitrogens is 1. The summed E-state index contributed by atoms with van der Waals surface area (Å²) in [6, 6.07) is 8.44. The average Bonchev–Trinajstić information content (AvgIpc) is 3.69. The van der Waals surface area contributed by atoms with Gasteiger partial charge in [0.15, 0.2) is 0 Å². The van der Waals surface area contributed by atoms with E-state index < -0.39 is 0 Å². The number of benzene rings is 1. The molecule has 6 nitrogen and oxygen atoms in total. The number of pyridine rings is 1. The molecule has 0 bridgehead atoms. The average molecular weight is 433 g/mol. The zero-order valence-electron chi connectivity index (χ0n) is 18.3. The smallest absolute Gasteiger partial charge is 0.135 e. The third kappa shape index (κ3) is 4.06. The van der Waals surface area contributed by atoms with Crippen LogP contribution in [0.4, 0.5) is 4.39 Å². The summed E-state index contributed by atoms with van der Waals surface area (Å²) in [5, 5.41) is 6.94. The largest absolute Gasteiger partial charge is 0.403 e. The van der Waals surface area contributed by atoms with Crippen LogP contribution in [0.3, 0.4) is 0 Å². The highest BCUT2D eigenvalue weighted by molar-refractivity contribution is 6.06. The van der Waals surface area contributed by atoms with E-state index in [1.807, 2.05) is 6.07 Å². The summed E-state index contributed by atoms with van der Waals surface area (Å²) in [5.41, 5.74) is 12.4. The van der Waals surface area contributed by atoms with Gasteiger partial charge in [0.05, 0.1) is 5.70 Å². The zero-order valence-corrected chi connectivity index (χ0v) is 18.3. The summed E-state index contributed by atoms with van der Waals surface area (Å²) >= 11 is 0. The highest BCUT2D eigenvalue weighted by atomic mass is 19.1. The molecule has 2 aromatic rings. The van der Waals surface area contributed by atoms with Crippen LogP contribution in [0.5, 0.6) is 0 Å². The van der Waals surface area contributed by atoms with Crippen molar-refractivity contribution in [3.05, 3.63) is 77.1 Å². The van der Waals surface area contributed by atoms with Gasteiger partial charge in [0.2, 0.25) is 0 Å². The number of aliphatic imine (C=N–C) groups is 1. The third-order valence-corrected chi connectivity index (χ3v) is 6.56. The van der Waals surface area contributed by atoms with Gasteiger partial charge in [0.25, 0.3) is 0 Å². The molecule has 1 aromatic heterocycles. The Morgan fingerprint density at radius 2 is 1.88 bits per heavy atom. The first-order valence-corrected chi connectivity index (χ1v) is 11.3. The van der Waals surface area contributed by atoms with Gasteiger partial charge in [0.1, 0.15) is 17.8 Å². The summed E-state index contributed by atoms with van der Waals surface area (Å²) in [6.45, 7) is 5.98. The molecule has 1 aliphatic carbocycles. The SMILES string of the molecule is CC(=C1/C(=C\N)NC(c2ccncc2-c2ccc(F)cc2)=NC1N1CCNCC1)C1CC1. The van der Waals surface area contributed by atoms with E-state index in [0.717, 1.165) is 54.4 Å². The maximum atomic E-state index is 13.5. The lowest BCUT2D eigenvalue weighted by Crippen LogP contribution is -2.51. The minimum atomic E-state index is -0.259. The van der Waals surface area contributed by atoms with E-state index in [4.69, 9.17) is 10.7 Å². The van der Waals surface area contributed by atoms with Gasteiger partial charge >= 0.3 is 0 Å². The Kier molecular flexibility index (Phi) is 5.76. The van der Waals surface area contributed by atoms with Crippen LogP contribution in [-0.4, -0.2) is 48.1 Å². The predicted molar refractivity (Wildman–Crippen MR) is 125 cm³/mol. The van der Waals surface area contributed by atoms with Crippen molar-refractivity contribution in [2.45, 2.75) is 25.9 Å². The number of rotatable bonds is 4. The summed E-state index contributed by atoms with van der Waals surface area (Å²) in [4.78, 5) is 12.0. The Bertz CT molecular complexity index is 1080. The first kappa shape index (κ1) is 20.8. The van der Waals surface area contributed by atoms with Gasteiger partial charge in [-0.2, -0.15) is 0 Å². The molecule has 7 heteroatoms. The number of nitrogens with two attached hydrogens (primary N) is 1. The second kappa shape index (κ2) is 8.84. The van der Waals surface area contributed by atoms with E-state index in [0.29, 0.717) is 5.92 Å². The van der Waals surface area contributed by atoms with Crippen LogP contribution < -0.4 is 16.4 Å². The molecular weight excluding hydrogens is 403 g/mol. The van der Waals surface area contributed by atoms with Crippen molar-refractivity contribution >= 4 is 5.84 Å². The van der Waals surface area contributed by atoms with Gasteiger partial charge in [-0.3, -0.25) is 9.88 Å². The number of hydrogen-bond donors (Lipinski definition) is 3. The fraction of sp³-hybridized carbons (Fsp3) is 0.360. The molecule has 4 N–H and O–H groups in total. The highest BCUT2D eigenvalue weighted by Crippen LogP contribution is 2.41. The zero-order chi connectivity index (χ0) is 22.1. The van der Waals surface area contributed by atoms with Crippen molar-refractivity contribution in [2.24, 2.45) is 16.6 Å². The molecular formula is C25H29FN6. The normalized spacial score (nSPS) is 24.8. The molecule has 2 fully saturated rings. The Balaban J connectivity index is 1.62. The van der Waals surface area contributed by atoms with Crippen molar-refractivity contribution in [3.63, 3.8) is 0 Å². The van der Waals surface area contributed by atoms with Crippen molar-refractivity contribution < 1.29 is 4.39 Å². The van der Waals surface area contributed by atoms with E-state index in [9.17, 15) is 4.39 Å². The molecule has 32 heavy (non-hydrogen) atoms. The topological polar surface area (TPSA) is 78.6 Å². The predicted octanol–water partition coefficient (Wildman–Crippen LogP) is 3.00. The monoisotopic (exact) mass is 432 g/mol. The maximum absolute atomic E-state index is 13.5. The summed E-state index contributed by atoms with van der Waals surface area (Å²) in [7, 11) is 0. The van der Waals surface area contributed by atoms with Crippen molar-refractivity contribution in [3.8, 4) is 11.1 Å². The highest BCUT2D eigenvalue weighted by Gasteiger charge is 2.36. The molecule has 0 amide bonds. The minimum absolute atomic E-state index is 0.0852. The number of amidine groups is 1. The summed E-state index contributed by atoms with van der Waals surface area (Å²) in [6.07, 6.45) is 7.62.